The number of carbonyl (C=O) groups excluding carboxylic acids is 1. The second-order valence-electron chi connectivity index (χ2n) is 5.35. The highest BCUT2D eigenvalue weighted by Crippen LogP contribution is 2.22. The van der Waals surface area contributed by atoms with Gasteiger partial charge in [-0.25, -0.2) is 8.78 Å². The maximum absolute atomic E-state index is 13.3. The van der Waals surface area contributed by atoms with Crippen LogP contribution in [-0.4, -0.2) is 22.7 Å². The molecule has 5 nitrogen and oxygen atoms in total. The first kappa shape index (κ1) is 17.5. The number of hydrogen-bond donors (Lipinski definition) is 1. The van der Waals surface area contributed by atoms with Gasteiger partial charge in [0, 0.05) is 22.9 Å². The van der Waals surface area contributed by atoms with Crippen LogP contribution in [0, 0.1) is 11.6 Å². The molecular formula is C19H15F2N3O2. The Kier molecular flexibility index (Phi) is 5.17. The molecule has 1 heterocycles. The zero-order valence-electron chi connectivity index (χ0n) is 13.9. The van der Waals surface area contributed by atoms with Crippen molar-refractivity contribution in [3.8, 4) is 17.1 Å². The average Bonchev–Trinajstić information content (AvgIpc) is 2.65. The van der Waals surface area contributed by atoms with Crippen molar-refractivity contribution in [3.63, 3.8) is 0 Å². The molecule has 0 aliphatic heterocycles. The molecule has 0 saturated heterocycles. The zero-order chi connectivity index (χ0) is 18.5. The molecule has 0 spiro atoms. The minimum absolute atomic E-state index is 0.0233. The number of halogens is 2. The number of aromatic nitrogens is 2. The molecule has 2 aromatic carbocycles. The topological polar surface area (TPSA) is 64.1 Å². The summed E-state index contributed by atoms with van der Waals surface area (Å²) in [6.07, 6.45) is 0. The van der Waals surface area contributed by atoms with Crippen molar-refractivity contribution in [2.75, 3.05) is 11.9 Å². The largest absolute Gasteiger partial charge is 0.477 e. The number of nitrogens with one attached hydrogen (secondary N) is 1. The van der Waals surface area contributed by atoms with Crippen molar-refractivity contribution in [2.24, 2.45) is 0 Å². The molecule has 3 rings (SSSR count). The van der Waals surface area contributed by atoms with Gasteiger partial charge in [-0.3, -0.25) is 4.79 Å². The molecule has 1 aromatic heterocycles. The molecule has 0 atom stereocenters. The Hall–Kier alpha value is -3.35. The molecule has 132 valence electrons. The fraction of sp³-hybridized carbons (Fsp3) is 0.105. The summed E-state index contributed by atoms with van der Waals surface area (Å²) in [5.74, 6) is -2.19. The molecule has 1 N–H and O–H groups in total. The Morgan fingerprint density at radius 2 is 1.88 bits per heavy atom. The van der Waals surface area contributed by atoms with Crippen LogP contribution in [0.25, 0.3) is 11.3 Å². The lowest BCUT2D eigenvalue weighted by Gasteiger charge is -2.08. The summed E-state index contributed by atoms with van der Waals surface area (Å²) in [6, 6.07) is 13.4. The van der Waals surface area contributed by atoms with E-state index in [0.29, 0.717) is 23.9 Å². The van der Waals surface area contributed by atoms with Crippen LogP contribution in [0.1, 0.15) is 17.3 Å². The Bertz CT molecular complexity index is 930. The van der Waals surface area contributed by atoms with Gasteiger partial charge < -0.3 is 10.1 Å². The highest BCUT2D eigenvalue weighted by atomic mass is 19.2. The van der Waals surface area contributed by atoms with Gasteiger partial charge in [0.25, 0.3) is 5.91 Å². The second-order valence-corrected chi connectivity index (χ2v) is 5.35. The molecule has 0 saturated carbocycles. The second kappa shape index (κ2) is 7.69. The molecular weight excluding hydrogens is 340 g/mol. The quantitative estimate of drug-likeness (QED) is 0.749. The summed E-state index contributed by atoms with van der Waals surface area (Å²) in [6.45, 7) is 2.36. The smallest absolute Gasteiger partial charge is 0.255 e. The van der Waals surface area contributed by atoms with E-state index >= 15 is 0 Å². The summed E-state index contributed by atoms with van der Waals surface area (Å²) < 4.78 is 31.5. The Balaban J connectivity index is 1.78. The van der Waals surface area contributed by atoms with Gasteiger partial charge in [-0.2, -0.15) is 0 Å². The van der Waals surface area contributed by atoms with Crippen LogP contribution in [0.5, 0.6) is 5.88 Å². The normalized spacial score (nSPS) is 10.4. The maximum atomic E-state index is 13.3. The van der Waals surface area contributed by atoms with Gasteiger partial charge in [0.2, 0.25) is 5.88 Å². The summed E-state index contributed by atoms with van der Waals surface area (Å²) >= 11 is 0. The van der Waals surface area contributed by atoms with Crippen LogP contribution >= 0.6 is 0 Å². The van der Waals surface area contributed by atoms with E-state index in [1.54, 1.807) is 30.3 Å². The lowest BCUT2D eigenvalue weighted by Crippen LogP contribution is -2.12. The number of carbonyl (C=O) groups is 1. The van der Waals surface area contributed by atoms with E-state index in [1.165, 1.54) is 6.07 Å². The van der Waals surface area contributed by atoms with E-state index in [4.69, 9.17) is 4.74 Å². The molecule has 1 amide bonds. The number of amides is 1. The monoisotopic (exact) mass is 355 g/mol. The fourth-order valence-electron chi connectivity index (χ4n) is 2.30. The van der Waals surface area contributed by atoms with E-state index < -0.39 is 17.5 Å². The van der Waals surface area contributed by atoms with Gasteiger partial charge in [0.15, 0.2) is 11.6 Å². The van der Waals surface area contributed by atoms with Crippen molar-refractivity contribution < 1.29 is 18.3 Å². The number of rotatable bonds is 5. The first-order chi connectivity index (χ1) is 12.6. The van der Waals surface area contributed by atoms with E-state index in [9.17, 15) is 13.6 Å². The molecule has 0 radical (unpaired) electrons. The van der Waals surface area contributed by atoms with Crippen LogP contribution in [-0.2, 0) is 0 Å². The number of anilines is 1. The molecule has 0 unspecified atom stereocenters. The van der Waals surface area contributed by atoms with Gasteiger partial charge in [-0.15, -0.1) is 10.2 Å². The highest BCUT2D eigenvalue weighted by Gasteiger charge is 2.11. The van der Waals surface area contributed by atoms with Crippen molar-refractivity contribution in [3.05, 3.63) is 71.8 Å². The minimum Gasteiger partial charge on any atom is -0.477 e. The van der Waals surface area contributed by atoms with Crippen molar-refractivity contribution in [2.45, 2.75) is 6.92 Å². The van der Waals surface area contributed by atoms with Gasteiger partial charge >= 0.3 is 0 Å². The maximum Gasteiger partial charge on any atom is 0.255 e. The lowest BCUT2D eigenvalue weighted by atomic mass is 10.1. The lowest BCUT2D eigenvalue weighted by molar-refractivity contribution is 0.102. The third kappa shape index (κ3) is 4.00. The number of benzene rings is 2. The summed E-state index contributed by atoms with van der Waals surface area (Å²) in [4.78, 5) is 12.2. The van der Waals surface area contributed by atoms with Gasteiger partial charge in [0.05, 0.1) is 12.3 Å². The first-order valence-electron chi connectivity index (χ1n) is 7.90. The Morgan fingerprint density at radius 1 is 1.04 bits per heavy atom. The summed E-state index contributed by atoms with van der Waals surface area (Å²) in [5, 5.41) is 10.7. The van der Waals surface area contributed by atoms with Crippen LogP contribution in [0.4, 0.5) is 14.5 Å². The molecule has 0 bridgehead atoms. The van der Waals surface area contributed by atoms with Crippen molar-refractivity contribution in [1.82, 2.24) is 10.2 Å². The minimum atomic E-state index is -1.07. The van der Waals surface area contributed by atoms with E-state index in [2.05, 4.69) is 15.5 Å². The Labute approximate surface area is 148 Å². The third-order valence-electron chi connectivity index (χ3n) is 3.53. The molecule has 0 fully saturated rings. The molecule has 26 heavy (non-hydrogen) atoms. The molecule has 0 aliphatic carbocycles. The van der Waals surface area contributed by atoms with E-state index in [-0.39, 0.29) is 5.56 Å². The predicted molar refractivity (Wildman–Crippen MR) is 92.9 cm³/mol. The van der Waals surface area contributed by atoms with Gasteiger partial charge in [-0.05, 0) is 43.3 Å². The van der Waals surface area contributed by atoms with E-state index in [1.807, 2.05) is 13.0 Å². The summed E-state index contributed by atoms with van der Waals surface area (Å²) in [5.41, 5.74) is 1.86. The van der Waals surface area contributed by atoms with Gasteiger partial charge in [0.1, 0.15) is 0 Å². The van der Waals surface area contributed by atoms with Crippen LogP contribution in [0.15, 0.2) is 54.6 Å². The third-order valence-corrected chi connectivity index (χ3v) is 3.53. The first-order valence-corrected chi connectivity index (χ1v) is 7.90. The standard InChI is InChI=1S/C19H15F2N3O2/c1-2-26-18-9-8-17(23-24-18)12-4-3-5-14(10-12)22-19(25)13-6-7-15(20)16(21)11-13/h3-11H,2H2,1H3,(H,22,25). The van der Waals surface area contributed by atoms with Crippen LogP contribution in [0.3, 0.4) is 0 Å². The molecule has 0 aliphatic rings. The predicted octanol–water partition coefficient (Wildman–Crippen LogP) is 4.07. The number of nitrogens with zero attached hydrogens (tertiary/aromatic N) is 2. The number of ether oxygens (including phenoxy) is 1. The Morgan fingerprint density at radius 3 is 2.58 bits per heavy atom. The zero-order valence-corrected chi connectivity index (χ0v) is 13.9. The highest BCUT2D eigenvalue weighted by molar-refractivity contribution is 6.04. The van der Waals surface area contributed by atoms with Crippen molar-refractivity contribution >= 4 is 11.6 Å². The van der Waals surface area contributed by atoms with Crippen LogP contribution < -0.4 is 10.1 Å². The van der Waals surface area contributed by atoms with E-state index in [0.717, 1.165) is 17.7 Å². The van der Waals surface area contributed by atoms with Gasteiger partial charge in [-0.1, -0.05) is 12.1 Å². The molecule has 3 aromatic rings. The van der Waals surface area contributed by atoms with Crippen molar-refractivity contribution in [1.29, 1.82) is 0 Å². The van der Waals surface area contributed by atoms with Crippen LogP contribution in [0.2, 0.25) is 0 Å². The molecule has 7 heteroatoms. The average molecular weight is 355 g/mol. The fourth-order valence-corrected chi connectivity index (χ4v) is 2.30. The number of hydrogen-bond acceptors (Lipinski definition) is 4. The SMILES string of the molecule is CCOc1ccc(-c2cccc(NC(=O)c3ccc(F)c(F)c3)c2)nn1. The summed E-state index contributed by atoms with van der Waals surface area (Å²) in [7, 11) is 0.